The summed E-state index contributed by atoms with van der Waals surface area (Å²) < 4.78 is 5.27. The van der Waals surface area contributed by atoms with Crippen molar-refractivity contribution in [3.05, 3.63) is 162 Å². The highest BCUT2D eigenvalue weighted by atomic mass is 32.1. The first-order valence-corrected chi connectivity index (χ1v) is 16.7. The van der Waals surface area contributed by atoms with Gasteiger partial charge in [0.15, 0.2) is 0 Å². The first kappa shape index (κ1) is 25.2. The van der Waals surface area contributed by atoms with Crippen LogP contribution in [0.15, 0.2) is 146 Å². The van der Waals surface area contributed by atoms with E-state index in [0.717, 1.165) is 12.8 Å². The van der Waals surface area contributed by atoms with Crippen LogP contribution in [0.5, 0.6) is 0 Å². The Balaban J connectivity index is 1.36. The normalized spacial score (nSPS) is 14.7. The van der Waals surface area contributed by atoms with Gasteiger partial charge in [-0.05, 0) is 76.2 Å². The van der Waals surface area contributed by atoms with Gasteiger partial charge in [0.1, 0.15) is 0 Å². The maximum Gasteiger partial charge on any atom is 0.0544 e. The van der Waals surface area contributed by atoms with Crippen LogP contribution in [0.4, 0.5) is 0 Å². The largest absolute Gasteiger partial charge is 0.309 e. The molecule has 10 rings (SSSR count). The minimum absolute atomic E-state index is 0.289. The van der Waals surface area contributed by atoms with Crippen molar-refractivity contribution >= 4 is 64.1 Å². The number of fused-ring (bicyclic) bond motifs is 12. The molecule has 1 aliphatic rings. The molecule has 0 N–H and O–H groups in total. The van der Waals surface area contributed by atoms with Crippen molar-refractivity contribution in [1.82, 2.24) is 4.57 Å². The molecule has 45 heavy (non-hydrogen) atoms. The van der Waals surface area contributed by atoms with Gasteiger partial charge in [-0.3, -0.25) is 0 Å². The molecule has 1 atom stereocenters. The number of thiophene rings is 1. The molecule has 0 bridgehead atoms. The summed E-state index contributed by atoms with van der Waals surface area (Å²) in [7, 11) is 0. The summed E-state index contributed by atoms with van der Waals surface area (Å²) in [6.45, 7) is 0. The number of aromatic nitrogens is 1. The molecule has 2 heterocycles. The van der Waals surface area contributed by atoms with Gasteiger partial charge in [-0.15, -0.1) is 11.3 Å². The Morgan fingerprint density at radius 1 is 0.578 bits per heavy atom. The molecule has 0 amide bonds. The number of rotatable bonds is 2. The molecule has 0 saturated carbocycles. The van der Waals surface area contributed by atoms with Crippen LogP contribution in [0.2, 0.25) is 0 Å². The van der Waals surface area contributed by atoms with Gasteiger partial charge in [-0.2, -0.15) is 0 Å². The highest BCUT2D eigenvalue weighted by Gasteiger charge is 2.30. The van der Waals surface area contributed by atoms with Crippen molar-refractivity contribution in [3.63, 3.8) is 0 Å². The Morgan fingerprint density at radius 3 is 2.27 bits per heavy atom. The van der Waals surface area contributed by atoms with E-state index >= 15 is 0 Å². The second kappa shape index (κ2) is 9.66. The number of aryl methyl sites for hydroxylation is 1. The van der Waals surface area contributed by atoms with Crippen molar-refractivity contribution < 1.29 is 0 Å². The zero-order valence-electron chi connectivity index (χ0n) is 24.7. The van der Waals surface area contributed by atoms with Crippen molar-refractivity contribution in [1.29, 1.82) is 0 Å². The molecule has 0 fully saturated rings. The highest BCUT2D eigenvalue weighted by molar-refractivity contribution is 7.26. The SMILES string of the molecule is c1ccc(C2CCc3ccc4c(sc5ccccc54)c3-c3ccc4c(c32)c2ccccc2n4-c2ccc3ccccc3c2)cc1. The topological polar surface area (TPSA) is 4.93 Å². The van der Waals surface area contributed by atoms with Crippen LogP contribution in [-0.2, 0) is 6.42 Å². The Hall–Kier alpha value is -5.18. The molecule has 1 aliphatic carbocycles. The van der Waals surface area contributed by atoms with Gasteiger partial charge in [-0.1, -0.05) is 115 Å². The summed E-state index contributed by atoms with van der Waals surface area (Å²) in [5.74, 6) is 0.289. The van der Waals surface area contributed by atoms with E-state index < -0.39 is 0 Å². The Morgan fingerprint density at radius 2 is 1.36 bits per heavy atom. The minimum Gasteiger partial charge on any atom is -0.309 e. The highest BCUT2D eigenvalue weighted by Crippen LogP contribution is 2.51. The zero-order chi connectivity index (χ0) is 29.5. The summed E-state index contributed by atoms with van der Waals surface area (Å²) >= 11 is 1.95. The number of hydrogen-bond donors (Lipinski definition) is 0. The summed E-state index contributed by atoms with van der Waals surface area (Å²) in [5.41, 5.74) is 10.9. The molecule has 1 nitrogen and oxygen atoms in total. The van der Waals surface area contributed by atoms with Crippen molar-refractivity contribution in [2.75, 3.05) is 0 Å². The van der Waals surface area contributed by atoms with Crippen LogP contribution < -0.4 is 0 Å². The van der Waals surface area contributed by atoms with Crippen molar-refractivity contribution in [2.45, 2.75) is 18.8 Å². The van der Waals surface area contributed by atoms with E-state index in [2.05, 4.69) is 150 Å². The molecule has 2 aromatic heterocycles. The maximum absolute atomic E-state index is 2.49. The van der Waals surface area contributed by atoms with Crippen LogP contribution in [0.1, 0.15) is 29.0 Å². The minimum atomic E-state index is 0.289. The van der Waals surface area contributed by atoms with E-state index in [9.17, 15) is 0 Å². The van der Waals surface area contributed by atoms with Crippen LogP contribution in [-0.4, -0.2) is 4.57 Å². The molecule has 0 saturated heterocycles. The third-order valence-corrected chi connectivity index (χ3v) is 11.2. The molecule has 0 aliphatic heterocycles. The van der Waals surface area contributed by atoms with Gasteiger partial charge in [0.25, 0.3) is 0 Å². The standard InChI is InChI=1S/C43H29NS/c1-2-11-28(12-3-1)32-22-19-29-20-23-34-33-14-7-9-17-39(33)45-43(34)40(29)36-24-25-38-42(41(32)36)35-15-6-8-16-37(35)44(38)31-21-18-27-10-4-5-13-30(27)26-31/h1-18,20-21,23-26,32H,19,22H2. The van der Waals surface area contributed by atoms with Gasteiger partial charge < -0.3 is 4.57 Å². The second-order valence-electron chi connectivity index (χ2n) is 12.4. The fourth-order valence-electron chi connectivity index (χ4n) is 8.06. The maximum atomic E-state index is 2.49. The smallest absolute Gasteiger partial charge is 0.0544 e. The van der Waals surface area contributed by atoms with Gasteiger partial charge in [-0.25, -0.2) is 0 Å². The predicted octanol–water partition coefficient (Wildman–Crippen LogP) is 12.0. The van der Waals surface area contributed by atoms with Gasteiger partial charge >= 0.3 is 0 Å². The lowest BCUT2D eigenvalue weighted by Gasteiger charge is -2.21. The van der Waals surface area contributed by atoms with Crippen LogP contribution in [0, 0.1) is 0 Å². The molecule has 9 aromatic rings. The molecule has 2 heteroatoms. The predicted molar refractivity (Wildman–Crippen MR) is 193 cm³/mol. The third-order valence-electron chi connectivity index (χ3n) is 10.0. The van der Waals surface area contributed by atoms with E-state index in [1.807, 2.05) is 11.3 Å². The van der Waals surface area contributed by atoms with Gasteiger partial charge in [0.2, 0.25) is 0 Å². The molecular weight excluding hydrogens is 563 g/mol. The van der Waals surface area contributed by atoms with E-state index in [1.165, 1.54) is 86.3 Å². The lowest BCUT2D eigenvalue weighted by Crippen LogP contribution is -2.03. The summed E-state index contributed by atoms with van der Waals surface area (Å²) in [5, 5.41) is 7.97. The molecule has 212 valence electrons. The number of benzene rings is 7. The Bertz CT molecular complexity index is 2600. The van der Waals surface area contributed by atoms with E-state index in [-0.39, 0.29) is 5.92 Å². The second-order valence-corrected chi connectivity index (χ2v) is 13.4. The third kappa shape index (κ3) is 3.67. The van der Waals surface area contributed by atoms with E-state index in [0.29, 0.717) is 0 Å². The van der Waals surface area contributed by atoms with E-state index in [1.54, 1.807) is 0 Å². The summed E-state index contributed by atoms with van der Waals surface area (Å²) in [6.07, 6.45) is 2.13. The molecule has 1 unspecified atom stereocenters. The van der Waals surface area contributed by atoms with Gasteiger partial charge in [0.05, 0.1) is 11.0 Å². The number of para-hydroxylation sites is 1. The van der Waals surface area contributed by atoms with Crippen LogP contribution in [0.3, 0.4) is 0 Å². The molecular formula is C43H29NS. The zero-order valence-corrected chi connectivity index (χ0v) is 25.5. The monoisotopic (exact) mass is 591 g/mol. The number of nitrogens with zero attached hydrogens (tertiary/aromatic N) is 1. The van der Waals surface area contributed by atoms with Crippen LogP contribution >= 0.6 is 11.3 Å². The summed E-state index contributed by atoms with van der Waals surface area (Å²) in [6, 6.07) is 54.3. The van der Waals surface area contributed by atoms with Crippen LogP contribution in [0.25, 0.3) is 69.6 Å². The first-order chi connectivity index (χ1) is 22.3. The summed E-state index contributed by atoms with van der Waals surface area (Å²) in [4.78, 5) is 0. The van der Waals surface area contributed by atoms with Gasteiger partial charge in [0, 0.05) is 48.1 Å². The number of hydrogen-bond acceptors (Lipinski definition) is 1. The Kier molecular flexibility index (Phi) is 5.40. The average Bonchev–Trinajstić information content (AvgIpc) is 3.59. The fourth-order valence-corrected chi connectivity index (χ4v) is 9.34. The molecule has 0 radical (unpaired) electrons. The lowest BCUT2D eigenvalue weighted by molar-refractivity contribution is 0.730. The van der Waals surface area contributed by atoms with Crippen molar-refractivity contribution in [2.24, 2.45) is 0 Å². The molecule has 7 aromatic carbocycles. The first-order valence-electron chi connectivity index (χ1n) is 15.9. The average molecular weight is 592 g/mol. The van der Waals surface area contributed by atoms with Crippen molar-refractivity contribution in [3.8, 4) is 16.8 Å². The quantitative estimate of drug-likeness (QED) is 0.188. The lowest BCUT2D eigenvalue weighted by atomic mass is 9.83. The Labute approximate surface area is 265 Å². The molecule has 0 spiro atoms. The van der Waals surface area contributed by atoms with E-state index in [4.69, 9.17) is 0 Å². The fraction of sp³-hybridized carbons (Fsp3) is 0.0698.